The van der Waals surface area contributed by atoms with Crippen LogP contribution in [0.5, 0.6) is 5.88 Å². The molecule has 1 aliphatic heterocycles. The van der Waals surface area contributed by atoms with E-state index in [2.05, 4.69) is 9.97 Å². The fraction of sp³-hybridized carbons (Fsp3) is 0.353. The van der Waals surface area contributed by atoms with Crippen molar-refractivity contribution in [1.29, 1.82) is 5.26 Å². The number of pyridine rings is 1. The number of hydrogen-bond acceptors (Lipinski definition) is 6. The lowest BCUT2D eigenvalue weighted by Gasteiger charge is -2.32. The molecule has 25 heavy (non-hydrogen) atoms. The molecule has 0 spiro atoms. The van der Waals surface area contributed by atoms with Crippen molar-refractivity contribution in [2.45, 2.75) is 18.9 Å². The first kappa shape index (κ1) is 16.6. The van der Waals surface area contributed by atoms with Crippen LogP contribution in [0.3, 0.4) is 0 Å². The van der Waals surface area contributed by atoms with Gasteiger partial charge in [0.2, 0.25) is 5.69 Å². The summed E-state index contributed by atoms with van der Waals surface area (Å²) in [7, 11) is 1.61. The minimum absolute atomic E-state index is 0.114. The summed E-state index contributed by atoms with van der Waals surface area (Å²) in [5, 5.41) is 9.06. The standard InChI is InChI=1S/C17H17N5O3/c1-21-8-3-5-13(16(21)23)17(24)22-9-2-4-12(11-22)25-15-14(10-18)19-6-7-20-15/h3,5-8,12H,2,4,9,11H2,1H3/t12-/m1/s1. The van der Waals surface area contributed by atoms with Crippen LogP contribution in [0.15, 0.2) is 35.5 Å². The number of carbonyl (C=O) groups is 1. The van der Waals surface area contributed by atoms with Gasteiger partial charge in [-0.1, -0.05) is 0 Å². The van der Waals surface area contributed by atoms with E-state index in [0.29, 0.717) is 13.1 Å². The molecule has 1 fully saturated rings. The SMILES string of the molecule is Cn1cccc(C(=O)N2CCC[C@@H](Oc3nccnc3C#N)C2)c1=O. The van der Waals surface area contributed by atoms with Gasteiger partial charge in [-0.05, 0) is 25.0 Å². The second kappa shape index (κ2) is 7.13. The van der Waals surface area contributed by atoms with E-state index in [9.17, 15) is 9.59 Å². The van der Waals surface area contributed by atoms with Gasteiger partial charge >= 0.3 is 0 Å². The molecule has 0 aliphatic carbocycles. The van der Waals surface area contributed by atoms with Crippen LogP contribution in [0, 0.1) is 11.3 Å². The molecule has 8 nitrogen and oxygen atoms in total. The first-order chi connectivity index (χ1) is 12.1. The normalized spacial score (nSPS) is 17.0. The quantitative estimate of drug-likeness (QED) is 0.817. The summed E-state index contributed by atoms with van der Waals surface area (Å²) < 4.78 is 7.15. The predicted molar refractivity (Wildman–Crippen MR) is 88.0 cm³/mol. The van der Waals surface area contributed by atoms with E-state index < -0.39 is 0 Å². The largest absolute Gasteiger partial charge is 0.470 e. The Morgan fingerprint density at radius 1 is 1.40 bits per heavy atom. The highest BCUT2D eigenvalue weighted by atomic mass is 16.5. The molecule has 1 amide bonds. The average Bonchev–Trinajstić information content (AvgIpc) is 2.64. The molecule has 1 saturated heterocycles. The van der Waals surface area contributed by atoms with Crippen molar-refractivity contribution in [2.24, 2.45) is 7.05 Å². The first-order valence-electron chi connectivity index (χ1n) is 7.93. The van der Waals surface area contributed by atoms with Gasteiger partial charge in [0.25, 0.3) is 17.3 Å². The van der Waals surface area contributed by atoms with Crippen molar-refractivity contribution in [3.8, 4) is 11.9 Å². The van der Waals surface area contributed by atoms with Gasteiger partial charge in [-0.2, -0.15) is 5.26 Å². The molecule has 0 radical (unpaired) electrons. The molecule has 0 bridgehead atoms. The van der Waals surface area contributed by atoms with Gasteiger partial charge < -0.3 is 14.2 Å². The zero-order valence-corrected chi connectivity index (χ0v) is 13.8. The molecule has 2 aromatic heterocycles. The molecule has 0 saturated carbocycles. The fourth-order valence-electron chi connectivity index (χ4n) is 2.80. The smallest absolute Gasteiger partial charge is 0.263 e. The molecule has 3 rings (SSSR count). The van der Waals surface area contributed by atoms with E-state index in [1.807, 2.05) is 6.07 Å². The molecule has 0 N–H and O–H groups in total. The van der Waals surface area contributed by atoms with Crippen molar-refractivity contribution in [2.75, 3.05) is 13.1 Å². The fourth-order valence-corrected chi connectivity index (χ4v) is 2.80. The molecular weight excluding hydrogens is 322 g/mol. The Morgan fingerprint density at radius 2 is 2.20 bits per heavy atom. The molecule has 1 aliphatic rings. The number of carbonyl (C=O) groups excluding carboxylic acids is 1. The summed E-state index contributed by atoms with van der Waals surface area (Å²) in [6, 6.07) is 5.14. The third kappa shape index (κ3) is 3.50. The second-order valence-electron chi connectivity index (χ2n) is 5.79. The van der Waals surface area contributed by atoms with E-state index >= 15 is 0 Å². The van der Waals surface area contributed by atoms with Crippen LogP contribution < -0.4 is 10.3 Å². The van der Waals surface area contributed by atoms with E-state index in [1.54, 1.807) is 24.2 Å². The Balaban J connectivity index is 1.75. The van der Waals surface area contributed by atoms with Crippen molar-refractivity contribution in [3.63, 3.8) is 0 Å². The number of aryl methyl sites for hydroxylation is 1. The monoisotopic (exact) mass is 339 g/mol. The van der Waals surface area contributed by atoms with Crippen molar-refractivity contribution < 1.29 is 9.53 Å². The number of ether oxygens (including phenoxy) is 1. The van der Waals surface area contributed by atoms with E-state index in [4.69, 9.17) is 10.00 Å². The van der Waals surface area contributed by atoms with Crippen LogP contribution in [-0.2, 0) is 7.05 Å². The Labute approximate surface area is 144 Å². The number of rotatable bonds is 3. The highest BCUT2D eigenvalue weighted by molar-refractivity contribution is 5.93. The van der Waals surface area contributed by atoms with Gasteiger partial charge in [0, 0.05) is 32.2 Å². The lowest BCUT2D eigenvalue weighted by molar-refractivity contribution is 0.0524. The van der Waals surface area contributed by atoms with E-state index in [-0.39, 0.29) is 34.7 Å². The van der Waals surface area contributed by atoms with Crippen molar-refractivity contribution in [3.05, 3.63) is 52.3 Å². The molecule has 8 heteroatoms. The summed E-state index contributed by atoms with van der Waals surface area (Å²) in [5.41, 5.74) is -0.0676. The summed E-state index contributed by atoms with van der Waals surface area (Å²) in [6.07, 6.45) is 5.67. The van der Waals surface area contributed by atoms with E-state index in [1.165, 1.54) is 23.0 Å². The Kier molecular flexibility index (Phi) is 4.75. The number of nitrogens with zero attached hydrogens (tertiary/aromatic N) is 5. The van der Waals surface area contributed by atoms with Crippen LogP contribution in [0.2, 0.25) is 0 Å². The predicted octanol–water partition coefficient (Wildman–Crippen LogP) is 0.731. The average molecular weight is 339 g/mol. The van der Waals surface area contributed by atoms with Gasteiger partial charge in [-0.25, -0.2) is 9.97 Å². The molecule has 1 atom stereocenters. The van der Waals surface area contributed by atoms with Gasteiger partial charge in [0.1, 0.15) is 17.7 Å². The number of amides is 1. The third-order valence-electron chi connectivity index (χ3n) is 4.07. The van der Waals surface area contributed by atoms with Crippen LogP contribution in [0.25, 0.3) is 0 Å². The van der Waals surface area contributed by atoms with Gasteiger partial charge in [-0.15, -0.1) is 0 Å². The lowest BCUT2D eigenvalue weighted by atomic mass is 10.1. The third-order valence-corrected chi connectivity index (χ3v) is 4.07. The van der Waals surface area contributed by atoms with Gasteiger partial charge in [0.05, 0.1) is 6.54 Å². The molecule has 0 unspecified atom stereocenters. The highest BCUT2D eigenvalue weighted by Crippen LogP contribution is 2.19. The summed E-state index contributed by atoms with van der Waals surface area (Å²) in [6.45, 7) is 0.890. The number of piperidine rings is 1. The maximum Gasteiger partial charge on any atom is 0.263 e. The number of likely N-dealkylation sites (tertiary alicyclic amines) is 1. The first-order valence-corrected chi connectivity index (χ1v) is 7.93. The summed E-state index contributed by atoms with van der Waals surface area (Å²) in [4.78, 5) is 34.4. The Morgan fingerprint density at radius 3 is 3.00 bits per heavy atom. The number of aromatic nitrogens is 3. The van der Waals surface area contributed by atoms with Crippen LogP contribution in [-0.4, -0.2) is 44.5 Å². The van der Waals surface area contributed by atoms with Crippen molar-refractivity contribution >= 4 is 5.91 Å². The van der Waals surface area contributed by atoms with Crippen LogP contribution in [0.4, 0.5) is 0 Å². The highest BCUT2D eigenvalue weighted by Gasteiger charge is 2.28. The Bertz CT molecular complexity index is 886. The summed E-state index contributed by atoms with van der Waals surface area (Å²) >= 11 is 0. The minimum atomic E-state index is -0.323. The topological polar surface area (TPSA) is 101 Å². The summed E-state index contributed by atoms with van der Waals surface area (Å²) in [5.74, 6) is -0.144. The molecule has 3 heterocycles. The second-order valence-corrected chi connectivity index (χ2v) is 5.79. The zero-order chi connectivity index (χ0) is 17.8. The minimum Gasteiger partial charge on any atom is -0.470 e. The van der Waals surface area contributed by atoms with Gasteiger partial charge in [0.15, 0.2) is 0 Å². The zero-order valence-electron chi connectivity index (χ0n) is 13.8. The molecular formula is C17H17N5O3. The molecule has 0 aromatic carbocycles. The van der Waals surface area contributed by atoms with E-state index in [0.717, 1.165) is 12.8 Å². The maximum absolute atomic E-state index is 12.7. The van der Waals surface area contributed by atoms with Gasteiger partial charge in [-0.3, -0.25) is 9.59 Å². The number of hydrogen-bond donors (Lipinski definition) is 0. The Hall–Kier alpha value is -3.21. The van der Waals surface area contributed by atoms with Crippen LogP contribution >= 0.6 is 0 Å². The number of nitriles is 1. The van der Waals surface area contributed by atoms with Crippen LogP contribution in [0.1, 0.15) is 28.9 Å². The molecule has 2 aromatic rings. The lowest BCUT2D eigenvalue weighted by Crippen LogP contribution is -2.46. The molecule has 128 valence electrons. The van der Waals surface area contributed by atoms with Crippen molar-refractivity contribution in [1.82, 2.24) is 19.4 Å². The maximum atomic E-state index is 12.7.